The van der Waals surface area contributed by atoms with Crippen molar-refractivity contribution in [2.75, 3.05) is 13.1 Å². The van der Waals surface area contributed by atoms with Crippen LogP contribution in [0.4, 0.5) is 0 Å². The zero-order valence-electron chi connectivity index (χ0n) is 13.8. The van der Waals surface area contributed by atoms with Crippen molar-refractivity contribution in [3.8, 4) is 5.75 Å². The zero-order valence-corrected chi connectivity index (χ0v) is 13.8. The summed E-state index contributed by atoms with van der Waals surface area (Å²) in [6.07, 6.45) is 2.43. The maximum absolute atomic E-state index is 10.0. The molecular formula is C18H31NO. The summed E-state index contributed by atoms with van der Waals surface area (Å²) < 4.78 is 0. The lowest BCUT2D eigenvalue weighted by atomic mass is 10.1. The first-order valence-electron chi connectivity index (χ1n) is 7.89. The van der Waals surface area contributed by atoms with Gasteiger partial charge < -0.3 is 5.11 Å². The van der Waals surface area contributed by atoms with E-state index in [1.165, 1.54) is 18.4 Å². The summed E-state index contributed by atoms with van der Waals surface area (Å²) in [7, 11) is 0. The van der Waals surface area contributed by atoms with Crippen LogP contribution in [0.25, 0.3) is 0 Å². The third-order valence-corrected chi connectivity index (χ3v) is 3.67. The highest BCUT2D eigenvalue weighted by Crippen LogP contribution is 2.21. The molecule has 0 saturated carbocycles. The first-order chi connectivity index (χ1) is 9.38. The van der Waals surface area contributed by atoms with E-state index < -0.39 is 0 Å². The Morgan fingerprint density at radius 1 is 1.00 bits per heavy atom. The summed E-state index contributed by atoms with van der Waals surface area (Å²) in [5.74, 6) is 1.88. The van der Waals surface area contributed by atoms with E-state index in [9.17, 15) is 5.11 Å². The van der Waals surface area contributed by atoms with Crippen LogP contribution in [0.1, 0.15) is 51.7 Å². The predicted molar refractivity (Wildman–Crippen MR) is 87.0 cm³/mol. The highest BCUT2D eigenvalue weighted by Gasteiger charge is 2.11. The Hall–Kier alpha value is -1.02. The predicted octanol–water partition coefficient (Wildman–Crippen LogP) is 4.59. The number of hydrogen-bond donors (Lipinski definition) is 1. The van der Waals surface area contributed by atoms with Crippen LogP contribution in [0.3, 0.4) is 0 Å². The van der Waals surface area contributed by atoms with Crippen LogP contribution in [0.2, 0.25) is 0 Å². The molecule has 0 radical (unpaired) electrons. The van der Waals surface area contributed by atoms with Crippen molar-refractivity contribution >= 4 is 0 Å². The van der Waals surface area contributed by atoms with Crippen molar-refractivity contribution in [1.29, 1.82) is 0 Å². The molecule has 1 aromatic carbocycles. The number of aryl methyl sites for hydroxylation is 1. The van der Waals surface area contributed by atoms with Crippen molar-refractivity contribution in [3.63, 3.8) is 0 Å². The summed E-state index contributed by atoms with van der Waals surface area (Å²) in [6.45, 7) is 14.2. The quantitative estimate of drug-likeness (QED) is 0.751. The molecule has 0 atom stereocenters. The van der Waals surface area contributed by atoms with Gasteiger partial charge in [0.15, 0.2) is 0 Å². The molecule has 2 nitrogen and oxygen atoms in total. The maximum atomic E-state index is 10.0. The first-order valence-corrected chi connectivity index (χ1v) is 7.89. The van der Waals surface area contributed by atoms with Crippen LogP contribution in [0, 0.1) is 18.8 Å². The molecule has 0 unspecified atom stereocenters. The Morgan fingerprint density at radius 3 is 2.05 bits per heavy atom. The number of aromatic hydroxyl groups is 1. The number of phenolic OH excluding ortho intramolecular Hbond substituents is 1. The monoisotopic (exact) mass is 277 g/mol. The molecule has 0 fully saturated rings. The number of benzene rings is 1. The van der Waals surface area contributed by atoms with Gasteiger partial charge in [-0.15, -0.1) is 0 Å². The van der Waals surface area contributed by atoms with Crippen LogP contribution in [0.15, 0.2) is 18.2 Å². The summed E-state index contributed by atoms with van der Waals surface area (Å²) in [5, 5.41) is 10.0. The minimum absolute atomic E-state index is 0.426. The van der Waals surface area contributed by atoms with Gasteiger partial charge in [-0.1, -0.05) is 45.4 Å². The highest BCUT2D eigenvalue weighted by molar-refractivity contribution is 5.35. The van der Waals surface area contributed by atoms with E-state index in [0.717, 1.165) is 37.0 Å². The summed E-state index contributed by atoms with van der Waals surface area (Å²) in [5.41, 5.74) is 2.27. The third-order valence-electron chi connectivity index (χ3n) is 3.67. The van der Waals surface area contributed by atoms with Crippen molar-refractivity contribution in [1.82, 2.24) is 4.90 Å². The Bertz CT molecular complexity index is 386. The SMILES string of the molecule is Cc1ccc(O)c(CN(CCC(C)C)CCC(C)C)c1. The van der Waals surface area contributed by atoms with E-state index >= 15 is 0 Å². The van der Waals surface area contributed by atoms with Crippen molar-refractivity contribution in [3.05, 3.63) is 29.3 Å². The Balaban J connectivity index is 2.68. The van der Waals surface area contributed by atoms with Gasteiger partial charge in [0.25, 0.3) is 0 Å². The van der Waals surface area contributed by atoms with Gasteiger partial charge in [0.05, 0.1) is 0 Å². The Labute approximate surface area is 124 Å². The minimum Gasteiger partial charge on any atom is -0.508 e. The van der Waals surface area contributed by atoms with E-state index in [-0.39, 0.29) is 0 Å². The molecule has 2 heteroatoms. The fourth-order valence-electron chi connectivity index (χ4n) is 2.23. The van der Waals surface area contributed by atoms with Crippen LogP contribution in [0.5, 0.6) is 5.75 Å². The second-order valence-corrected chi connectivity index (χ2v) is 6.77. The van der Waals surface area contributed by atoms with E-state index in [4.69, 9.17) is 0 Å². The van der Waals surface area contributed by atoms with E-state index in [1.807, 2.05) is 12.1 Å². The number of phenols is 1. The molecule has 0 aliphatic carbocycles. The van der Waals surface area contributed by atoms with Gasteiger partial charge in [0.2, 0.25) is 0 Å². The van der Waals surface area contributed by atoms with Gasteiger partial charge in [0, 0.05) is 12.1 Å². The summed E-state index contributed by atoms with van der Waals surface area (Å²) in [6, 6.07) is 5.88. The molecule has 0 bridgehead atoms. The molecule has 1 N–H and O–H groups in total. The topological polar surface area (TPSA) is 23.5 Å². The van der Waals surface area contributed by atoms with Crippen molar-refractivity contribution < 1.29 is 5.11 Å². The largest absolute Gasteiger partial charge is 0.508 e. The number of rotatable bonds is 8. The first kappa shape index (κ1) is 17.0. The van der Waals surface area contributed by atoms with Crippen LogP contribution in [-0.4, -0.2) is 23.1 Å². The molecule has 1 aromatic rings. The van der Waals surface area contributed by atoms with Crippen LogP contribution in [-0.2, 0) is 6.54 Å². The second kappa shape index (κ2) is 8.31. The lowest BCUT2D eigenvalue weighted by Gasteiger charge is -2.24. The average molecular weight is 277 g/mol. The van der Waals surface area contributed by atoms with E-state index in [1.54, 1.807) is 0 Å². The summed E-state index contributed by atoms with van der Waals surface area (Å²) in [4.78, 5) is 2.48. The fraction of sp³-hybridized carbons (Fsp3) is 0.667. The smallest absolute Gasteiger partial charge is 0.120 e. The normalized spacial score (nSPS) is 11.8. The van der Waals surface area contributed by atoms with Crippen LogP contribution >= 0.6 is 0 Å². The molecule has 0 aliphatic heterocycles. The molecule has 0 amide bonds. The van der Waals surface area contributed by atoms with Crippen molar-refractivity contribution in [2.45, 2.75) is 54.0 Å². The Morgan fingerprint density at radius 2 is 1.55 bits per heavy atom. The van der Waals surface area contributed by atoms with Gasteiger partial charge in [-0.05, 0) is 50.8 Å². The molecule has 0 aromatic heterocycles. The maximum Gasteiger partial charge on any atom is 0.120 e. The van der Waals surface area contributed by atoms with Gasteiger partial charge in [-0.25, -0.2) is 0 Å². The zero-order chi connectivity index (χ0) is 15.1. The molecule has 0 aliphatic rings. The van der Waals surface area contributed by atoms with Gasteiger partial charge >= 0.3 is 0 Å². The number of nitrogens with zero attached hydrogens (tertiary/aromatic N) is 1. The third kappa shape index (κ3) is 6.42. The van der Waals surface area contributed by atoms with Gasteiger partial charge in [0.1, 0.15) is 5.75 Å². The van der Waals surface area contributed by atoms with E-state index in [2.05, 4.69) is 45.6 Å². The highest BCUT2D eigenvalue weighted by atomic mass is 16.3. The van der Waals surface area contributed by atoms with Gasteiger partial charge in [-0.3, -0.25) is 4.90 Å². The van der Waals surface area contributed by atoms with Crippen molar-refractivity contribution in [2.24, 2.45) is 11.8 Å². The Kier molecular flexibility index (Phi) is 7.08. The molecule has 20 heavy (non-hydrogen) atoms. The molecule has 1 rings (SSSR count). The lowest BCUT2D eigenvalue weighted by Crippen LogP contribution is -2.27. The molecular weight excluding hydrogens is 246 g/mol. The average Bonchev–Trinajstić information content (AvgIpc) is 2.36. The molecule has 0 spiro atoms. The van der Waals surface area contributed by atoms with E-state index in [0.29, 0.717) is 5.75 Å². The molecule has 0 heterocycles. The fourth-order valence-corrected chi connectivity index (χ4v) is 2.23. The lowest BCUT2D eigenvalue weighted by molar-refractivity contribution is 0.233. The second-order valence-electron chi connectivity index (χ2n) is 6.77. The molecule has 0 saturated heterocycles. The standard InChI is InChI=1S/C18H31NO/c1-14(2)8-10-19(11-9-15(3)4)13-17-12-16(5)6-7-18(17)20/h6-7,12,14-15,20H,8-11,13H2,1-5H3. The van der Waals surface area contributed by atoms with Crippen LogP contribution < -0.4 is 0 Å². The molecule has 114 valence electrons. The minimum atomic E-state index is 0.426. The number of hydrogen-bond acceptors (Lipinski definition) is 2. The summed E-state index contributed by atoms with van der Waals surface area (Å²) >= 11 is 0. The van der Waals surface area contributed by atoms with Gasteiger partial charge in [-0.2, -0.15) is 0 Å².